The van der Waals surface area contributed by atoms with Crippen molar-refractivity contribution in [2.45, 2.75) is 32.2 Å². The van der Waals surface area contributed by atoms with Crippen LogP contribution in [0.25, 0.3) is 0 Å². The minimum absolute atomic E-state index is 0.119. The summed E-state index contributed by atoms with van der Waals surface area (Å²) >= 11 is 0. The zero-order valence-corrected chi connectivity index (χ0v) is 8.34. The molecule has 0 spiro atoms. The van der Waals surface area contributed by atoms with Crippen molar-refractivity contribution >= 4 is 5.97 Å². The van der Waals surface area contributed by atoms with E-state index in [0.717, 1.165) is 0 Å². The third-order valence-electron chi connectivity index (χ3n) is 2.30. The smallest absolute Gasteiger partial charge is 0.302 e. The zero-order chi connectivity index (χ0) is 10.7. The number of hydrogen-bond acceptors (Lipinski definition) is 5. The molecule has 0 aromatic rings. The molecule has 0 saturated carbocycles. The summed E-state index contributed by atoms with van der Waals surface area (Å²) in [6, 6.07) is 0. The number of ether oxygens (including phenoxy) is 2. The average Bonchev–Trinajstić information content (AvgIpc) is 2.44. The molecule has 1 saturated heterocycles. The molecule has 5 heteroatoms. The third kappa shape index (κ3) is 2.67. The lowest BCUT2D eigenvalue weighted by molar-refractivity contribution is -0.144. The molecule has 0 bridgehead atoms. The van der Waals surface area contributed by atoms with Crippen molar-refractivity contribution < 1.29 is 24.5 Å². The van der Waals surface area contributed by atoms with Gasteiger partial charge in [-0.25, -0.2) is 0 Å². The van der Waals surface area contributed by atoms with Crippen LogP contribution in [0, 0.1) is 5.92 Å². The average molecular weight is 204 g/mol. The van der Waals surface area contributed by atoms with E-state index in [1.165, 1.54) is 6.92 Å². The number of esters is 1. The van der Waals surface area contributed by atoms with Crippen LogP contribution < -0.4 is 0 Å². The monoisotopic (exact) mass is 204 g/mol. The fourth-order valence-corrected chi connectivity index (χ4v) is 1.47. The van der Waals surface area contributed by atoms with Gasteiger partial charge in [-0.3, -0.25) is 4.79 Å². The Labute approximate surface area is 82.6 Å². The van der Waals surface area contributed by atoms with Crippen molar-refractivity contribution in [2.75, 3.05) is 13.2 Å². The highest BCUT2D eigenvalue weighted by Gasteiger charge is 2.38. The molecule has 82 valence electrons. The molecule has 0 aromatic carbocycles. The number of aliphatic hydroxyl groups excluding tert-OH is 2. The van der Waals surface area contributed by atoms with Gasteiger partial charge in [0.2, 0.25) is 0 Å². The lowest BCUT2D eigenvalue weighted by atomic mass is 10.00. The summed E-state index contributed by atoms with van der Waals surface area (Å²) in [6.07, 6.45) is -2.18. The minimum Gasteiger partial charge on any atom is -0.465 e. The van der Waals surface area contributed by atoms with Gasteiger partial charge in [0.05, 0.1) is 19.3 Å². The highest BCUT2D eigenvalue weighted by atomic mass is 16.5. The lowest BCUT2D eigenvalue weighted by Crippen LogP contribution is -2.36. The Morgan fingerprint density at radius 1 is 1.64 bits per heavy atom. The molecule has 0 aliphatic carbocycles. The summed E-state index contributed by atoms with van der Waals surface area (Å²) in [7, 11) is 0. The van der Waals surface area contributed by atoms with Crippen LogP contribution in [0.5, 0.6) is 0 Å². The molecule has 4 atom stereocenters. The molecule has 0 radical (unpaired) electrons. The summed E-state index contributed by atoms with van der Waals surface area (Å²) < 4.78 is 9.97. The largest absolute Gasteiger partial charge is 0.465 e. The molecule has 14 heavy (non-hydrogen) atoms. The SMILES string of the molecule is CC(=O)OCC(C)C1OCC(O)C1O. The van der Waals surface area contributed by atoms with Gasteiger partial charge in [-0.1, -0.05) is 6.92 Å². The van der Waals surface area contributed by atoms with E-state index in [4.69, 9.17) is 9.47 Å². The first kappa shape index (κ1) is 11.4. The van der Waals surface area contributed by atoms with E-state index in [2.05, 4.69) is 0 Å². The Bertz CT molecular complexity index is 205. The highest BCUT2D eigenvalue weighted by Crippen LogP contribution is 2.21. The van der Waals surface area contributed by atoms with Gasteiger partial charge in [0.1, 0.15) is 12.2 Å². The van der Waals surface area contributed by atoms with Crippen LogP contribution in [-0.2, 0) is 14.3 Å². The molecule has 2 N–H and O–H groups in total. The second-order valence-corrected chi connectivity index (χ2v) is 3.64. The molecule has 1 fully saturated rings. The van der Waals surface area contributed by atoms with Crippen LogP contribution in [-0.4, -0.2) is 47.7 Å². The van der Waals surface area contributed by atoms with Gasteiger partial charge < -0.3 is 19.7 Å². The highest BCUT2D eigenvalue weighted by molar-refractivity contribution is 5.65. The van der Waals surface area contributed by atoms with E-state index in [9.17, 15) is 15.0 Å². The van der Waals surface area contributed by atoms with Crippen molar-refractivity contribution in [2.24, 2.45) is 5.92 Å². The summed E-state index contributed by atoms with van der Waals surface area (Å²) in [4.78, 5) is 10.5. The van der Waals surface area contributed by atoms with Crippen LogP contribution in [0.1, 0.15) is 13.8 Å². The van der Waals surface area contributed by atoms with Gasteiger partial charge in [-0.05, 0) is 0 Å². The van der Waals surface area contributed by atoms with Crippen LogP contribution in [0.3, 0.4) is 0 Å². The van der Waals surface area contributed by atoms with Crippen molar-refractivity contribution in [3.63, 3.8) is 0 Å². The summed E-state index contributed by atoms with van der Waals surface area (Å²) in [6.45, 7) is 3.46. The lowest BCUT2D eigenvalue weighted by Gasteiger charge is -2.21. The minimum atomic E-state index is -0.888. The number of carbonyl (C=O) groups is 1. The van der Waals surface area contributed by atoms with E-state index in [0.29, 0.717) is 0 Å². The third-order valence-corrected chi connectivity index (χ3v) is 2.30. The Hall–Kier alpha value is -0.650. The topological polar surface area (TPSA) is 76.0 Å². The summed E-state index contributed by atoms with van der Waals surface area (Å²) in [5.74, 6) is -0.476. The van der Waals surface area contributed by atoms with E-state index >= 15 is 0 Å². The predicted octanol–water partition coefficient (Wildman–Crippen LogP) is -0.694. The van der Waals surface area contributed by atoms with E-state index < -0.39 is 18.3 Å². The van der Waals surface area contributed by atoms with Gasteiger partial charge >= 0.3 is 5.97 Å². The van der Waals surface area contributed by atoms with Gasteiger partial charge in [-0.15, -0.1) is 0 Å². The first-order chi connectivity index (χ1) is 6.52. The molecular formula is C9H16O5. The Balaban J connectivity index is 2.37. The van der Waals surface area contributed by atoms with E-state index in [1.807, 2.05) is 0 Å². The Kier molecular flexibility index (Phi) is 3.86. The molecule has 1 heterocycles. The van der Waals surface area contributed by atoms with Crippen molar-refractivity contribution in [1.82, 2.24) is 0 Å². The predicted molar refractivity (Wildman–Crippen MR) is 47.6 cm³/mol. The maximum atomic E-state index is 10.5. The fraction of sp³-hybridized carbons (Fsp3) is 0.889. The van der Waals surface area contributed by atoms with Crippen molar-refractivity contribution in [3.8, 4) is 0 Å². The summed E-state index contributed by atoms with van der Waals surface area (Å²) in [5, 5.41) is 18.7. The first-order valence-electron chi connectivity index (χ1n) is 4.63. The maximum absolute atomic E-state index is 10.5. The van der Waals surface area contributed by atoms with E-state index in [-0.39, 0.29) is 25.1 Å². The molecule has 0 amide bonds. The van der Waals surface area contributed by atoms with Crippen LogP contribution in [0.15, 0.2) is 0 Å². The maximum Gasteiger partial charge on any atom is 0.302 e. The second-order valence-electron chi connectivity index (χ2n) is 3.64. The molecule has 1 aliphatic heterocycles. The second kappa shape index (κ2) is 4.72. The molecular weight excluding hydrogens is 188 g/mol. The van der Waals surface area contributed by atoms with Crippen LogP contribution in [0.2, 0.25) is 0 Å². The van der Waals surface area contributed by atoms with E-state index in [1.54, 1.807) is 6.92 Å². The Morgan fingerprint density at radius 2 is 2.29 bits per heavy atom. The standard InChI is InChI=1S/C9H16O5/c1-5(3-13-6(2)10)9-8(12)7(11)4-14-9/h5,7-9,11-12H,3-4H2,1-2H3. The van der Waals surface area contributed by atoms with Gasteiger partial charge in [0.15, 0.2) is 0 Å². The summed E-state index contributed by atoms with van der Waals surface area (Å²) in [5.41, 5.74) is 0. The Morgan fingerprint density at radius 3 is 2.71 bits per heavy atom. The quantitative estimate of drug-likeness (QED) is 0.595. The number of rotatable bonds is 3. The molecule has 5 nitrogen and oxygen atoms in total. The molecule has 4 unspecified atom stereocenters. The van der Waals surface area contributed by atoms with Gasteiger partial charge in [0, 0.05) is 12.8 Å². The van der Waals surface area contributed by atoms with Crippen LogP contribution >= 0.6 is 0 Å². The van der Waals surface area contributed by atoms with Gasteiger partial charge in [-0.2, -0.15) is 0 Å². The fourth-order valence-electron chi connectivity index (χ4n) is 1.47. The number of aliphatic hydroxyl groups is 2. The zero-order valence-electron chi connectivity index (χ0n) is 8.34. The van der Waals surface area contributed by atoms with Crippen LogP contribution in [0.4, 0.5) is 0 Å². The molecule has 1 rings (SSSR count). The first-order valence-corrected chi connectivity index (χ1v) is 4.63. The van der Waals surface area contributed by atoms with Crippen molar-refractivity contribution in [1.29, 1.82) is 0 Å². The number of hydrogen-bond donors (Lipinski definition) is 2. The number of carbonyl (C=O) groups excluding carboxylic acids is 1. The molecule has 0 aromatic heterocycles. The van der Waals surface area contributed by atoms with Gasteiger partial charge in [0.25, 0.3) is 0 Å². The normalized spacial score (nSPS) is 34.1. The molecule has 1 aliphatic rings. The van der Waals surface area contributed by atoms with Crippen molar-refractivity contribution in [3.05, 3.63) is 0 Å².